The highest BCUT2D eigenvalue weighted by molar-refractivity contribution is 8.26. The quantitative estimate of drug-likeness (QED) is 0.183. The van der Waals surface area contributed by atoms with E-state index in [4.69, 9.17) is 17.0 Å². The zero-order valence-electron chi connectivity index (χ0n) is 17.8. The topological polar surface area (TPSA) is 72.7 Å². The van der Waals surface area contributed by atoms with E-state index in [9.17, 15) is 14.9 Å². The lowest BCUT2D eigenvalue weighted by Crippen LogP contribution is -2.27. The third-order valence-electron chi connectivity index (χ3n) is 5.04. The number of thiocarbonyl (C=S) groups is 1. The Morgan fingerprint density at radius 2 is 1.79 bits per heavy atom. The fourth-order valence-electron chi connectivity index (χ4n) is 3.25. The lowest BCUT2D eigenvalue weighted by molar-refractivity contribution is -0.384. The van der Waals surface area contributed by atoms with Crippen LogP contribution >= 0.6 is 24.0 Å². The molecule has 1 aliphatic rings. The van der Waals surface area contributed by atoms with Gasteiger partial charge in [0.15, 0.2) is 0 Å². The number of hydrogen-bond donors (Lipinski definition) is 0. The molecular formula is C25H20N2O4S2. The van der Waals surface area contributed by atoms with Crippen LogP contribution in [-0.2, 0) is 17.9 Å². The number of nitro benzene ring substituents is 1. The van der Waals surface area contributed by atoms with E-state index >= 15 is 0 Å². The number of nitro groups is 1. The van der Waals surface area contributed by atoms with Crippen LogP contribution in [0.2, 0.25) is 0 Å². The Morgan fingerprint density at radius 3 is 2.48 bits per heavy atom. The predicted octanol–water partition coefficient (Wildman–Crippen LogP) is 5.88. The highest BCUT2D eigenvalue weighted by atomic mass is 32.2. The van der Waals surface area contributed by atoms with Crippen molar-refractivity contribution in [3.8, 4) is 5.75 Å². The first-order valence-electron chi connectivity index (χ1n) is 10.2. The lowest BCUT2D eigenvalue weighted by Gasteiger charge is -2.14. The number of non-ortho nitro benzene ring substituents is 1. The van der Waals surface area contributed by atoms with Gasteiger partial charge in [0.2, 0.25) is 0 Å². The van der Waals surface area contributed by atoms with Crippen LogP contribution in [0.3, 0.4) is 0 Å². The molecular weight excluding hydrogens is 456 g/mol. The summed E-state index contributed by atoms with van der Waals surface area (Å²) in [5.41, 5.74) is 3.80. The standard InChI is InChI=1S/C25H20N2O4S2/c1-17-5-7-19(8-6-17)15-26-24(28)23(33-25(26)32)14-18-9-11-22(12-10-18)31-16-20-3-2-4-21(13-20)27(29)30/h2-14H,15-16H2,1H3/b23-14-. The number of aryl methyl sites for hydroxylation is 1. The van der Waals surface area contributed by atoms with Crippen molar-refractivity contribution in [2.75, 3.05) is 0 Å². The van der Waals surface area contributed by atoms with E-state index in [0.29, 0.717) is 27.1 Å². The Balaban J connectivity index is 1.39. The number of carbonyl (C=O) groups is 1. The molecule has 0 radical (unpaired) electrons. The molecule has 0 spiro atoms. The summed E-state index contributed by atoms with van der Waals surface area (Å²) in [4.78, 5) is 25.5. The van der Waals surface area contributed by atoms with Gasteiger partial charge in [0, 0.05) is 12.1 Å². The molecule has 33 heavy (non-hydrogen) atoms. The van der Waals surface area contributed by atoms with Gasteiger partial charge < -0.3 is 4.74 Å². The number of benzene rings is 3. The molecule has 3 aromatic carbocycles. The van der Waals surface area contributed by atoms with Crippen LogP contribution in [0.15, 0.2) is 77.7 Å². The number of carbonyl (C=O) groups excluding carboxylic acids is 1. The minimum absolute atomic E-state index is 0.0335. The highest BCUT2D eigenvalue weighted by Crippen LogP contribution is 2.34. The summed E-state index contributed by atoms with van der Waals surface area (Å²) in [5.74, 6) is 0.530. The van der Waals surface area contributed by atoms with Crippen molar-refractivity contribution in [3.63, 3.8) is 0 Å². The molecule has 0 saturated carbocycles. The Morgan fingerprint density at radius 1 is 1.06 bits per heavy atom. The van der Waals surface area contributed by atoms with Gasteiger partial charge in [0.05, 0.1) is 16.4 Å². The molecule has 1 heterocycles. The summed E-state index contributed by atoms with van der Waals surface area (Å²) in [7, 11) is 0. The molecule has 1 fully saturated rings. The van der Waals surface area contributed by atoms with Crippen molar-refractivity contribution in [1.29, 1.82) is 0 Å². The molecule has 6 nitrogen and oxygen atoms in total. The third kappa shape index (κ3) is 5.66. The Labute approximate surface area is 201 Å². The summed E-state index contributed by atoms with van der Waals surface area (Å²) < 4.78 is 6.28. The van der Waals surface area contributed by atoms with E-state index in [0.717, 1.165) is 11.1 Å². The van der Waals surface area contributed by atoms with Crippen molar-refractivity contribution in [2.24, 2.45) is 0 Å². The zero-order chi connectivity index (χ0) is 23.4. The fraction of sp³-hybridized carbons (Fsp3) is 0.120. The van der Waals surface area contributed by atoms with Crippen molar-refractivity contribution in [1.82, 2.24) is 4.90 Å². The summed E-state index contributed by atoms with van der Waals surface area (Å²) >= 11 is 6.72. The van der Waals surface area contributed by atoms with Gasteiger partial charge in [-0.1, -0.05) is 78.1 Å². The smallest absolute Gasteiger partial charge is 0.269 e. The first-order chi connectivity index (χ1) is 15.9. The average Bonchev–Trinajstić information content (AvgIpc) is 3.07. The van der Waals surface area contributed by atoms with Gasteiger partial charge in [-0.25, -0.2) is 0 Å². The largest absolute Gasteiger partial charge is 0.489 e. The van der Waals surface area contributed by atoms with Crippen LogP contribution < -0.4 is 4.74 Å². The van der Waals surface area contributed by atoms with Crippen LogP contribution in [-0.4, -0.2) is 20.1 Å². The summed E-state index contributed by atoms with van der Waals surface area (Å²) in [6, 6.07) is 21.7. The van der Waals surface area contributed by atoms with E-state index in [-0.39, 0.29) is 18.2 Å². The molecule has 1 saturated heterocycles. The first kappa shape index (κ1) is 22.7. The minimum Gasteiger partial charge on any atom is -0.489 e. The Kier molecular flexibility index (Phi) is 6.86. The molecule has 0 atom stereocenters. The number of ether oxygens (including phenoxy) is 1. The third-order valence-corrected chi connectivity index (χ3v) is 6.42. The average molecular weight is 477 g/mol. The number of thioether (sulfide) groups is 1. The van der Waals surface area contributed by atoms with Gasteiger partial charge in [-0.05, 0) is 41.8 Å². The summed E-state index contributed by atoms with van der Waals surface area (Å²) in [6.45, 7) is 2.70. The predicted molar refractivity (Wildman–Crippen MR) is 134 cm³/mol. The molecule has 4 rings (SSSR count). The normalized spacial score (nSPS) is 14.7. The maximum atomic E-state index is 12.9. The second-order valence-corrected chi connectivity index (χ2v) is 9.21. The Hall–Kier alpha value is -3.49. The molecule has 8 heteroatoms. The van der Waals surface area contributed by atoms with Crippen molar-refractivity contribution in [3.05, 3.63) is 110 Å². The zero-order valence-corrected chi connectivity index (χ0v) is 19.4. The first-order valence-corrected chi connectivity index (χ1v) is 11.4. The number of amides is 1. The van der Waals surface area contributed by atoms with E-state index in [1.165, 1.54) is 29.5 Å². The van der Waals surface area contributed by atoms with E-state index in [1.807, 2.05) is 49.4 Å². The van der Waals surface area contributed by atoms with Gasteiger partial charge in [-0.15, -0.1) is 0 Å². The van der Waals surface area contributed by atoms with Gasteiger partial charge in [0.25, 0.3) is 11.6 Å². The second-order valence-electron chi connectivity index (χ2n) is 7.54. The van der Waals surface area contributed by atoms with Crippen LogP contribution in [0.5, 0.6) is 5.75 Å². The van der Waals surface area contributed by atoms with E-state index < -0.39 is 4.92 Å². The molecule has 0 unspecified atom stereocenters. The SMILES string of the molecule is Cc1ccc(CN2C(=O)/C(=C/c3ccc(OCc4cccc([N+](=O)[O-])c4)cc3)SC2=S)cc1. The maximum Gasteiger partial charge on any atom is 0.269 e. The lowest BCUT2D eigenvalue weighted by atomic mass is 10.1. The maximum absolute atomic E-state index is 12.9. The number of nitrogens with zero attached hydrogens (tertiary/aromatic N) is 2. The van der Waals surface area contributed by atoms with Gasteiger partial charge >= 0.3 is 0 Å². The molecule has 166 valence electrons. The molecule has 0 bridgehead atoms. The minimum atomic E-state index is -0.429. The molecule has 0 N–H and O–H groups in total. The fourth-order valence-corrected chi connectivity index (χ4v) is 4.51. The summed E-state index contributed by atoms with van der Waals surface area (Å²) in [5, 5.41) is 10.9. The van der Waals surface area contributed by atoms with Crippen LogP contribution in [0.25, 0.3) is 6.08 Å². The summed E-state index contributed by atoms with van der Waals surface area (Å²) in [6.07, 6.45) is 1.82. The van der Waals surface area contributed by atoms with Crippen molar-refractivity contribution < 1.29 is 14.5 Å². The Bertz CT molecular complexity index is 1240. The number of rotatable bonds is 7. The van der Waals surface area contributed by atoms with Gasteiger partial charge in [0.1, 0.15) is 16.7 Å². The van der Waals surface area contributed by atoms with Gasteiger partial charge in [-0.2, -0.15) is 0 Å². The molecule has 0 aromatic heterocycles. The van der Waals surface area contributed by atoms with Crippen LogP contribution in [0.1, 0.15) is 22.3 Å². The van der Waals surface area contributed by atoms with Gasteiger partial charge in [-0.3, -0.25) is 19.8 Å². The molecule has 1 amide bonds. The monoisotopic (exact) mass is 476 g/mol. The van der Waals surface area contributed by atoms with Crippen molar-refractivity contribution >= 4 is 46.0 Å². The van der Waals surface area contributed by atoms with E-state index in [2.05, 4.69) is 0 Å². The van der Waals surface area contributed by atoms with Crippen molar-refractivity contribution in [2.45, 2.75) is 20.1 Å². The molecule has 1 aliphatic heterocycles. The molecule has 3 aromatic rings. The number of hydrogen-bond acceptors (Lipinski definition) is 6. The molecule has 0 aliphatic carbocycles. The van der Waals surface area contributed by atoms with Crippen LogP contribution in [0.4, 0.5) is 5.69 Å². The van der Waals surface area contributed by atoms with Crippen LogP contribution in [0, 0.1) is 17.0 Å². The highest BCUT2D eigenvalue weighted by Gasteiger charge is 2.31. The van der Waals surface area contributed by atoms with E-state index in [1.54, 1.807) is 29.2 Å². The second kappa shape index (κ2) is 9.97.